The van der Waals surface area contributed by atoms with Crippen molar-refractivity contribution in [1.82, 2.24) is 0 Å². The van der Waals surface area contributed by atoms with Crippen molar-refractivity contribution < 1.29 is 9.53 Å². The summed E-state index contributed by atoms with van der Waals surface area (Å²) in [6.45, 7) is 5.58. The van der Waals surface area contributed by atoms with Crippen molar-refractivity contribution >= 4 is 16.7 Å². The summed E-state index contributed by atoms with van der Waals surface area (Å²) in [5.74, 6) is -0.214. The summed E-state index contributed by atoms with van der Waals surface area (Å²) in [4.78, 5) is 10.6. The lowest BCUT2D eigenvalue weighted by molar-refractivity contribution is -0.142. The van der Waals surface area contributed by atoms with Gasteiger partial charge in [-0.05, 0) is 24.6 Å². The van der Waals surface area contributed by atoms with Gasteiger partial charge in [-0.25, -0.2) is 0 Å². The number of fused-ring (bicyclic) bond motifs is 2. The molecule has 1 aliphatic carbocycles. The fraction of sp³-hybridized carbons (Fsp3) is 0.190. The first kappa shape index (κ1) is 15.3. The molecule has 4 rings (SSSR count). The molecule has 1 aliphatic rings. The van der Waals surface area contributed by atoms with Crippen LogP contribution in [-0.4, -0.2) is 5.97 Å². The fourth-order valence-corrected chi connectivity index (χ4v) is 2.69. The molecule has 0 saturated carbocycles. The minimum atomic E-state index is -0.214. The Kier molecular flexibility index (Phi) is 4.16. The van der Waals surface area contributed by atoms with E-state index in [4.69, 9.17) is 4.74 Å². The highest BCUT2D eigenvalue weighted by Gasteiger charge is 2.35. The zero-order valence-corrected chi connectivity index (χ0v) is 13.7. The Morgan fingerprint density at radius 3 is 2.17 bits per heavy atom. The summed E-state index contributed by atoms with van der Waals surface area (Å²) in [6, 6.07) is 21.0. The van der Waals surface area contributed by atoms with Crippen molar-refractivity contribution in [2.24, 2.45) is 0 Å². The van der Waals surface area contributed by atoms with E-state index in [9.17, 15) is 4.79 Å². The predicted molar refractivity (Wildman–Crippen MR) is 93.5 cm³/mol. The third-order valence-corrected chi connectivity index (χ3v) is 3.91. The first-order valence-corrected chi connectivity index (χ1v) is 7.77. The molecule has 1 unspecified atom stereocenters. The van der Waals surface area contributed by atoms with Gasteiger partial charge in [0, 0.05) is 18.1 Å². The van der Waals surface area contributed by atoms with Crippen LogP contribution in [0.4, 0.5) is 0 Å². The van der Waals surface area contributed by atoms with Gasteiger partial charge in [0.2, 0.25) is 0 Å². The fourth-order valence-electron chi connectivity index (χ4n) is 2.69. The van der Waals surface area contributed by atoms with Gasteiger partial charge in [0.25, 0.3) is 0 Å². The van der Waals surface area contributed by atoms with Gasteiger partial charge in [-0.3, -0.25) is 4.79 Å². The number of aryl methyl sites for hydroxylation is 2. The predicted octanol–water partition coefficient (Wildman–Crippen LogP) is 5.11. The van der Waals surface area contributed by atoms with Crippen molar-refractivity contribution in [3.05, 3.63) is 82.9 Å². The van der Waals surface area contributed by atoms with E-state index in [1.165, 1.54) is 28.8 Å². The first-order chi connectivity index (χ1) is 11.0. The summed E-state index contributed by atoms with van der Waals surface area (Å²) in [7, 11) is 0. The van der Waals surface area contributed by atoms with Crippen molar-refractivity contribution in [2.75, 3.05) is 0 Å². The molecule has 0 N–H and O–H groups in total. The average molecular weight is 304 g/mol. The third-order valence-electron chi connectivity index (χ3n) is 3.91. The molecule has 3 aromatic carbocycles. The summed E-state index contributed by atoms with van der Waals surface area (Å²) in [6.07, 6.45) is -0.0452. The highest BCUT2D eigenvalue weighted by Crippen LogP contribution is 2.44. The lowest BCUT2D eigenvalue weighted by Crippen LogP contribution is -1.95. The molecule has 0 heterocycles. The summed E-state index contributed by atoms with van der Waals surface area (Å²) >= 11 is 0. The average Bonchev–Trinajstić information content (AvgIpc) is 3.18. The number of hydrogen-bond donors (Lipinski definition) is 0. The molecule has 0 fully saturated rings. The Balaban J connectivity index is 0.000000136. The number of ether oxygens (including phenoxy) is 1. The van der Waals surface area contributed by atoms with Crippen LogP contribution < -0.4 is 0 Å². The molecule has 0 radical (unpaired) electrons. The molecule has 1 atom stereocenters. The number of carbonyl (C=O) groups is 1. The molecule has 3 aromatic rings. The largest absolute Gasteiger partial charge is 0.453 e. The molecule has 0 spiro atoms. The van der Waals surface area contributed by atoms with E-state index >= 15 is 0 Å². The molecule has 0 bridgehead atoms. The molecule has 2 nitrogen and oxygen atoms in total. The quantitative estimate of drug-likeness (QED) is 0.584. The van der Waals surface area contributed by atoms with E-state index in [2.05, 4.69) is 55.5 Å². The molecule has 0 aliphatic heterocycles. The number of carbonyl (C=O) groups excluding carboxylic acids is 1. The first-order valence-electron chi connectivity index (χ1n) is 7.77. The molecule has 23 heavy (non-hydrogen) atoms. The van der Waals surface area contributed by atoms with E-state index in [0.29, 0.717) is 0 Å². The summed E-state index contributed by atoms with van der Waals surface area (Å²) in [5, 5.41) is 2.64. The molecular formula is C21H20O2. The van der Waals surface area contributed by atoms with Gasteiger partial charge in [-0.15, -0.1) is 0 Å². The van der Waals surface area contributed by atoms with E-state index in [0.717, 1.165) is 11.1 Å². The van der Waals surface area contributed by atoms with Crippen LogP contribution in [-0.2, 0) is 9.53 Å². The van der Waals surface area contributed by atoms with Gasteiger partial charge >= 0.3 is 5.97 Å². The Morgan fingerprint density at radius 1 is 0.826 bits per heavy atom. The zero-order chi connectivity index (χ0) is 16.4. The smallest absolute Gasteiger partial charge is 0.303 e. The molecular weight excluding hydrogens is 284 g/mol. The maximum absolute atomic E-state index is 10.6. The van der Waals surface area contributed by atoms with Crippen LogP contribution in [0.1, 0.15) is 35.3 Å². The maximum atomic E-state index is 10.6. The van der Waals surface area contributed by atoms with Crippen LogP contribution in [0.3, 0.4) is 0 Å². The van der Waals surface area contributed by atoms with Crippen molar-refractivity contribution in [2.45, 2.75) is 26.9 Å². The van der Waals surface area contributed by atoms with Gasteiger partial charge in [0.1, 0.15) is 0 Å². The lowest BCUT2D eigenvalue weighted by Gasteiger charge is -1.96. The molecule has 2 heteroatoms. The zero-order valence-electron chi connectivity index (χ0n) is 13.7. The van der Waals surface area contributed by atoms with Gasteiger partial charge in [-0.2, -0.15) is 0 Å². The molecule has 0 amide bonds. The van der Waals surface area contributed by atoms with Crippen LogP contribution in [0, 0.1) is 13.8 Å². The highest BCUT2D eigenvalue weighted by atomic mass is 16.5. The Bertz CT molecular complexity index is 865. The Morgan fingerprint density at radius 2 is 1.48 bits per heavy atom. The lowest BCUT2D eigenvalue weighted by atomic mass is 10.1. The van der Waals surface area contributed by atoms with Gasteiger partial charge < -0.3 is 4.74 Å². The monoisotopic (exact) mass is 304 g/mol. The molecule has 0 aromatic heterocycles. The van der Waals surface area contributed by atoms with Gasteiger partial charge in [0.05, 0.1) is 0 Å². The van der Waals surface area contributed by atoms with Crippen molar-refractivity contribution in [1.29, 1.82) is 0 Å². The van der Waals surface area contributed by atoms with Crippen LogP contribution in [0.5, 0.6) is 0 Å². The second-order valence-corrected chi connectivity index (χ2v) is 5.97. The summed E-state index contributed by atoms with van der Waals surface area (Å²) < 4.78 is 5.05. The molecule has 116 valence electrons. The van der Waals surface area contributed by atoms with Crippen LogP contribution >= 0.6 is 0 Å². The Hall–Kier alpha value is -2.61. The maximum Gasteiger partial charge on any atom is 0.303 e. The van der Waals surface area contributed by atoms with E-state index < -0.39 is 0 Å². The number of rotatable bonds is 1. The third kappa shape index (κ3) is 3.59. The number of esters is 1. The van der Waals surface area contributed by atoms with Gasteiger partial charge in [0.15, 0.2) is 6.10 Å². The number of benzene rings is 3. The minimum absolute atomic E-state index is 0.0452. The SMILES string of the molecule is CC(=O)OC1c2ccc(C)cc21.Cc1ccc2ccccc2c1. The van der Waals surface area contributed by atoms with Gasteiger partial charge in [-0.1, -0.05) is 71.8 Å². The van der Waals surface area contributed by atoms with Crippen LogP contribution in [0.2, 0.25) is 0 Å². The second-order valence-electron chi connectivity index (χ2n) is 5.97. The van der Waals surface area contributed by atoms with E-state index in [-0.39, 0.29) is 12.1 Å². The normalized spacial score (nSPS) is 14.5. The van der Waals surface area contributed by atoms with Crippen LogP contribution in [0.25, 0.3) is 10.8 Å². The van der Waals surface area contributed by atoms with E-state index in [1.807, 2.05) is 19.1 Å². The van der Waals surface area contributed by atoms with E-state index in [1.54, 1.807) is 0 Å². The van der Waals surface area contributed by atoms with Crippen molar-refractivity contribution in [3.63, 3.8) is 0 Å². The highest BCUT2D eigenvalue weighted by molar-refractivity contribution is 5.82. The number of hydrogen-bond acceptors (Lipinski definition) is 2. The molecule has 0 saturated heterocycles. The topological polar surface area (TPSA) is 26.3 Å². The standard InChI is InChI=1S/C11H10.C10H10O2/c1-9-6-7-10-4-2-3-5-11(10)8-9;1-6-3-4-8-9(5-6)10(8)12-7(2)11/h2-8H,1H3;3-5,10H,1-2H3. The summed E-state index contributed by atoms with van der Waals surface area (Å²) in [5.41, 5.74) is 4.84. The second kappa shape index (κ2) is 6.25. The Labute approximate surface area is 136 Å². The van der Waals surface area contributed by atoms with Crippen molar-refractivity contribution in [3.8, 4) is 0 Å². The van der Waals surface area contributed by atoms with Crippen LogP contribution in [0.15, 0.2) is 60.7 Å². The minimum Gasteiger partial charge on any atom is -0.453 e.